The van der Waals surface area contributed by atoms with Crippen molar-refractivity contribution in [3.63, 3.8) is 0 Å². The van der Waals surface area contributed by atoms with Crippen molar-refractivity contribution < 1.29 is 14.5 Å². The van der Waals surface area contributed by atoms with Gasteiger partial charge >= 0.3 is 5.97 Å². The van der Waals surface area contributed by atoms with Crippen molar-refractivity contribution in [1.82, 2.24) is 0 Å². The predicted molar refractivity (Wildman–Crippen MR) is 83.3 cm³/mol. The quantitative estimate of drug-likeness (QED) is 0.486. The van der Waals surface area contributed by atoms with E-state index in [1.165, 1.54) is 5.56 Å². The Morgan fingerprint density at radius 2 is 1.86 bits per heavy atom. The van der Waals surface area contributed by atoms with Crippen LogP contribution in [0, 0.1) is 29.9 Å². The van der Waals surface area contributed by atoms with Crippen LogP contribution in [0.1, 0.15) is 49.4 Å². The topological polar surface area (TPSA) is 69.4 Å². The van der Waals surface area contributed by atoms with Gasteiger partial charge in [-0.25, -0.2) is 0 Å². The van der Waals surface area contributed by atoms with Gasteiger partial charge < -0.3 is 4.74 Å². The van der Waals surface area contributed by atoms with Crippen LogP contribution in [0.4, 0.5) is 0 Å². The van der Waals surface area contributed by atoms with Crippen LogP contribution in [-0.2, 0) is 21.6 Å². The number of carbonyl (C=O) groups excluding carboxylic acids is 1. The van der Waals surface area contributed by atoms with Crippen molar-refractivity contribution in [3.8, 4) is 0 Å². The highest BCUT2D eigenvalue weighted by molar-refractivity contribution is 5.76. The molecule has 2 atom stereocenters. The highest BCUT2D eigenvalue weighted by atomic mass is 16.6. The van der Waals surface area contributed by atoms with E-state index in [2.05, 4.69) is 32.9 Å². The molecule has 2 rings (SSSR count). The van der Waals surface area contributed by atoms with E-state index in [0.29, 0.717) is 6.42 Å². The van der Waals surface area contributed by atoms with Gasteiger partial charge in [-0.05, 0) is 41.5 Å². The maximum absolute atomic E-state index is 11.8. The Bertz CT molecular complexity index is 593. The van der Waals surface area contributed by atoms with Crippen molar-refractivity contribution in [2.24, 2.45) is 5.92 Å². The summed E-state index contributed by atoms with van der Waals surface area (Å²) in [5.74, 6) is -1.02. The fourth-order valence-corrected chi connectivity index (χ4v) is 2.57. The lowest BCUT2D eigenvalue weighted by Gasteiger charge is -2.22. The first-order chi connectivity index (χ1) is 10.1. The molecule has 0 aromatic heterocycles. The molecule has 1 aromatic carbocycles. The van der Waals surface area contributed by atoms with Crippen molar-refractivity contribution in [2.45, 2.75) is 59.1 Å². The molecule has 1 saturated carbocycles. The smallest absolute Gasteiger partial charge is 0.316 e. The lowest BCUT2D eigenvalue weighted by Crippen LogP contribution is -2.15. The first-order valence-electron chi connectivity index (χ1n) is 7.52. The molecule has 5 heteroatoms. The number of nitrogens with zero attached hydrogens (tertiary/aromatic N) is 1. The first-order valence-corrected chi connectivity index (χ1v) is 7.52. The monoisotopic (exact) mass is 305 g/mol. The largest absolute Gasteiger partial charge is 0.460 e. The van der Waals surface area contributed by atoms with Gasteiger partial charge in [0.15, 0.2) is 0 Å². The highest BCUT2D eigenvalue weighted by Crippen LogP contribution is 2.34. The average Bonchev–Trinajstić information content (AvgIpc) is 3.16. The summed E-state index contributed by atoms with van der Waals surface area (Å²) in [6.45, 7) is 10.7. The molecule has 1 aliphatic rings. The molecule has 2 unspecified atom stereocenters. The molecule has 0 heterocycles. The number of hydrogen-bond donors (Lipinski definition) is 0. The Hall–Kier alpha value is -1.91. The summed E-state index contributed by atoms with van der Waals surface area (Å²) < 4.78 is 5.28. The number of hydrogen-bond acceptors (Lipinski definition) is 4. The lowest BCUT2D eigenvalue weighted by molar-refractivity contribution is -0.497. The molecule has 0 saturated heterocycles. The van der Waals surface area contributed by atoms with Gasteiger partial charge in [0.05, 0.1) is 0 Å². The Morgan fingerprint density at radius 3 is 2.27 bits per heavy atom. The molecule has 0 spiro atoms. The van der Waals surface area contributed by atoms with E-state index >= 15 is 0 Å². The van der Waals surface area contributed by atoms with Crippen molar-refractivity contribution in [2.75, 3.05) is 0 Å². The number of carbonyl (C=O) groups is 1. The summed E-state index contributed by atoms with van der Waals surface area (Å²) in [5.41, 5.74) is 4.46. The Kier molecular flexibility index (Phi) is 4.27. The second kappa shape index (κ2) is 5.71. The van der Waals surface area contributed by atoms with E-state index in [1.54, 1.807) is 0 Å². The van der Waals surface area contributed by atoms with E-state index in [0.717, 1.165) is 16.7 Å². The summed E-state index contributed by atoms with van der Waals surface area (Å²) >= 11 is 0. The fraction of sp³-hybridized carbons (Fsp3) is 0.588. The van der Waals surface area contributed by atoms with Crippen LogP contribution in [-0.4, -0.2) is 16.9 Å². The van der Waals surface area contributed by atoms with Crippen LogP contribution in [0.15, 0.2) is 12.1 Å². The summed E-state index contributed by atoms with van der Waals surface area (Å²) in [7, 11) is 0. The Labute approximate surface area is 130 Å². The van der Waals surface area contributed by atoms with Gasteiger partial charge in [-0.15, -0.1) is 0 Å². The van der Waals surface area contributed by atoms with Crippen LogP contribution in [0.3, 0.4) is 0 Å². The molecule has 1 fully saturated rings. The van der Waals surface area contributed by atoms with Crippen molar-refractivity contribution in [3.05, 3.63) is 44.5 Å². The SMILES string of the molecule is Cc1cc(C(C)(C)C)cc(C)c1COC(=O)C1CC1[N+](=O)[O-]. The fourth-order valence-electron chi connectivity index (χ4n) is 2.57. The molecule has 1 aromatic rings. The number of rotatable bonds is 4. The summed E-state index contributed by atoms with van der Waals surface area (Å²) in [6.07, 6.45) is 0.298. The molecule has 0 radical (unpaired) electrons. The lowest BCUT2D eigenvalue weighted by atomic mass is 9.84. The van der Waals surface area contributed by atoms with Gasteiger partial charge in [0.1, 0.15) is 12.5 Å². The molecular weight excluding hydrogens is 282 g/mol. The molecule has 1 aliphatic carbocycles. The zero-order valence-corrected chi connectivity index (χ0v) is 13.8. The Balaban J connectivity index is 2.05. The maximum Gasteiger partial charge on any atom is 0.316 e. The summed E-state index contributed by atoms with van der Waals surface area (Å²) in [6, 6.07) is 3.48. The van der Waals surface area contributed by atoms with Gasteiger partial charge in [0.25, 0.3) is 0 Å². The van der Waals surface area contributed by atoms with Gasteiger partial charge in [-0.1, -0.05) is 32.9 Å². The third-order valence-electron chi connectivity index (χ3n) is 4.25. The molecular formula is C17H23NO4. The van der Waals surface area contributed by atoms with Crippen LogP contribution < -0.4 is 0 Å². The minimum atomic E-state index is -0.752. The van der Waals surface area contributed by atoms with E-state index in [-0.39, 0.29) is 12.0 Å². The first kappa shape index (κ1) is 16.5. The van der Waals surface area contributed by atoms with Crippen LogP contribution in [0.2, 0.25) is 0 Å². The molecule has 5 nitrogen and oxygen atoms in total. The summed E-state index contributed by atoms with van der Waals surface area (Å²) in [4.78, 5) is 22.0. The highest BCUT2D eigenvalue weighted by Gasteiger charge is 2.54. The number of nitro groups is 1. The van der Waals surface area contributed by atoms with Crippen molar-refractivity contribution >= 4 is 5.97 Å². The minimum absolute atomic E-state index is 0.0671. The zero-order chi connectivity index (χ0) is 16.7. The van der Waals surface area contributed by atoms with E-state index < -0.39 is 22.9 Å². The van der Waals surface area contributed by atoms with E-state index in [9.17, 15) is 14.9 Å². The second-order valence-corrected chi connectivity index (χ2v) is 7.14. The van der Waals surface area contributed by atoms with E-state index in [1.807, 2.05) is 13.8 Å². The number of benzene rings is 1. The predicted octanol–water partition coefficient (Wildman–Crippen LogP) is 3.31. The second-order valence-electron chi connectivity index (χ2n) is 7.14. The third-order valence-corrected chi connectivity index (χ3v) is 4.25. The van der Waals surface area contributed by atoms with Crippen LogP contribution in [0.5, 0.6) is 0 Å². The van der Waals surface area contributed by atoms with E-state index in [4.69, 9.17) is 4.74 Å². The van der Waals surface area contributed by atoms with Crippen LogP contribution in [0.25, 0.3) is 0 Å². The molecule has 0 bridgehead atoms. The summed E-state index contributed by atoms with van der Waals surface area (Å²) in [5, 5.41) is 10.6. The Morgan fingerprint density at radius 1 is 1.32 bits per heavy atom. The normalized spacial score (nSPS) is 20.6. The molecule has 0 N–H and O–H groups in total. The van der Waals surface area contributed by atoms with Crippen LogP contribution >= 0.6 is 0 Å². The third kappa shape index (κ3) is 3.46. The van der Waals surface area contributed by atoms with Crippen molar-refractivity contribution in [1.29, 1.82) is 0 Å². The standard InChI is InChI=1S/C17H23NO4/c1-10-6-12(17(3,4)5)7-11(2)14(10)9-22-16(19)13-8-15(13)18(20)21/h6-7,13,15H,8-9H2,1-5H3. The van der Waals surface area contributed by atoms with Gasteiger partial charge in [0, 0.05) is 11.3 Å². The minimum Gasteiger partial charge on any atom is -0.460 e. The molecule has 22 heavy (non-hydrogen) atoms. The maximum atomic E-state index is 11.8. The zero-order valence-electron chi connectivity index (χ0n) is 13.8. The average molecular weight is 305 g/mol. The molecule has 0 aliphatic heterocycles. The number of aryl methyl sites for hydroxylation is 2. The molecule has 120 valence electrons. The number of ether oxygens (including phenoxy) is 1. The van der Waals surface area contributed by atoms with Gasteiger partial charge in [-0.2, -0.15) is 0 Å². The number of esters is 1. The molecule has 0 amide bonds. The van der Waals surface area contributed by atoms with Gasteiger partial charge in [0.2, 0.25) is 6.04 Å². The van der Waals surface area contributed by atoms with Gasteiger partial charge in [-0.3, -0.25) is 14.9 Å².